The molecule has 3 aromatic rings. The number of rotatable bonds is 4. The maximum atomic E-state index is 12.5. The van der Waals surface area contributed by atoms with E-state index in [1.54, 1.807) is 11.3 Å². The van der Waals surface area contributed by atoms with Gasteiger partial charge >= 0.3 is 0 Å². The topological polar surface area (TPSA) is 34.0 Å². The largest absolute Gasteiger partial charge is 0.350 e. The molecule has 0 saturated carbocycles. The van der Waals surface area contributed by atoms with Gasteiger partial charge in [0.25, 0.3) is 5.91 Å². The normalized spacial score (nSPS) is 11.3. The van der Waals surface area contributed by atoms with Gasteiger partial charge in [-0.2, -0.15) is 0 Å². The van der Waals surface area contributed by atoms with Gasteiger partial charge in [-0.05, 0) is 38.0 Å². The van der Waals surface area contributed by atoms with Crippen LogP contribution in [-0.4, -0.2) is 10.5 Å². The smallest absolute Gasteiger partial charge is 0.265 e. The van der Waals surface area contributed by atoms with E-state index in [1.807, 2.05) is 30.3 Å². The summed E-state index contributed by atoms with van der Waals surface area (Å²) in [6.45, 7) is 6.40. The third-order valence-corrected chi connectivity index (χ3v) is 4.90. The fraction of sp³-hybridized carbons (Fsp3) is 0.278. The van der Waals surface area contributed by atoms with Crippen LogP contribution in [0.25, 0.3) is 10.1 Å². The molecule has 4 heteroatoms. The fourth-order valence-electron chi connectivity index (χ4n) is 2.50. The number of carbonyl (C=O) groups excluding carboxylic acids is 1. The highest BCUT2D eigenvalue weighted by atomic mass is 32.1. The first-order valence-electron chi connectivity index (χ1n) is 7.58. The number of hydrogen-bond acceptors (Lipinski definition) is 2. The monoisotopic (exact) mass is 312 g/mol. The summed E-state index contributed by atoms with van der Waals surface area (Å²) >= 11 is 1.54. The minimum Gasteiger partial charge on any atom is -0.350 e. The van der Waals surface area contributed by atoms with Crippen LogP contribution in [0.15, 0.2) is 42.7 Å². The molecular weight excluding hydrogens is 292 g/mol. The number of carbonyl (C=O) groups is 1. The molecule has 0 saturated heterocycles. The molecule has 22 heavy (non-hydrogen) atoms. The van der Waals surface area contributed by atoms with Gasteiger partial charge in [-0.25, -0.2) is 0 Å². The lowest BCUT2D eigenvalue weighted by Gasteiger charge is -2.08. The Balaban J connectivity index is 1.84. The number of anilines is 1. The summed E-state index contributed by atoms with van der Waals surface area (Å²) in [6, 6.07) is 10.4. The second kappa shape index (κ2) is 5.97. The van der Waals surface area contributed by atoms with Gasteiger partial charge in [0.05, 0.1) is 9.58 Å². The van der Waals surface area contributed by atoms with E-state index in [4.69, 9.17) is 0 Å². The molecule has 114 valence electrons. The van der Waals surface area contributed by atoms with Crippen molar-refractivity contribution >= 4 is 33.0 Å². The second-order valence-corrected chi connectivity index (χ2v) is 6.78. The summed E-state index contributed by atoms with van der Waals surface area (Å²) in [6.07, 6.45) is 5.12. The van der Waals surface area contributed by atoms with Gasteiger partial charge in [-0.15, -0.1) is 11.3 Å². The Morgan fingerprint density at radius 2 is 2.05 bits per heavy atom. The van der Waals surface area contributed by atoms with E-state index in [1.165, 1.54) is 0 Å². The first-order valence-corrected chi connectivity index (χ1v) is 8.40. The van der Waals surface area contributed by atoms with E-state index >= 15 is 0 Å². The zero-order valence-electron chi connectivity index (χ0n) is 13.1. The Bertz CT molecular complexity index is 782. The number of thiophene rings is 1. The van der Waals surface area contributed by atoms with Gasteiger partial charge in [-0.1, -0.05) is 25.1 Å². The molecule has 0 bridgehead atoms. The van der Waals surface area contributed by atoms with Crippen LogP contribution < -0.4 is 5.32 Å². The Morgan fingerprint density at radius 1 is 1.27 bits per heavy atom. The predicted molar refractivity (Wildman–Crippen MR) is 94.0 cm³/mol. The molecule has 0 fully saturated rings. The molecular formula is C18H20N2OS. The maximum absolute atomic E-state index is 12.5. The highest BCUT2D eigenvalue weighted by Gasteiger charge is 2.13. The van der Waals surface area contributed by atoms with Crippen molar-refractivity contribution in [1.82, 2.24) is 4.57 Å². The van der Waals surface area contributed by atoms with E-state index in [9.17, 15) is 4.79 Å². The number of aryl methyl sites for hydroxylation is 1. The van der Waals surface area contributed by atoms with Crippen molar-refractivity contribution in [3.8, 4) is 0 Å². The molecule has 3 nitrogen and oxygen atoms in total. The third kappa shape index (κ3) is 2.79. The summed E-state index contributed by atoms with van der Waals surface area (Å²) in [7, 11) is 0. The molecule has 0 atom stereocenters. The highest BCUT2D eigenvalue weighted by molar-refractivity contribution is 7.20. The first-order chi connectivity index (χ1) is 10.6. The maximum Gasteiger partial charge on any atom is 0.265 e. The molecule has 0 spiro atoms. The van der Waals surface area contributed by atoms with Gasteiger partial charge in [0.1, 0.15) is 0 Å². The molecule has 0 unspecified atom stereocenters. The SMILES string of the molecule is CCc1ccccc1NC(=O)c1cc2cn(C(C)C)cc2s1. The minimum absolute atomic E-state index is 0.0294. The average Bonchev–Trinajstić information content (AvgIpc) is 3.06. The zero-order valence-corrected chi connectivity index (χ0v) is 13.9. The predicted octanol–water partition coefficient (Wildman–Crippen LogP) is 5.10. The van der Waals surface area contributed by atoms with Crippen LogP contribution in [0.3, 0.4) is 0 Å². The summed E-state index contributed by atoms with van der Waals surface area (Å²) in [5.74, 6) is -0.0294. The first kappa shape index (κ1) is 14.9. The molecule has 0 aliphatic rings. The van der Waals surface area contributed by atoms with Gasteiger partial charge in [0.15, 0.2) is 0 Å². The minimum atomic E-state index is -0.0294. The van der Waals surface area contributed by atoms with E-state index in [0.29, 0.717) is 6.04 Å². The van der Waals surface area contributed by atoms with Crippen LogP contribution >= 0.6 is 11.3 Å². The number of benzene rings is 1. The van der Waals surface area contributed by atoms with E-state index in [2.05, 4.69) is 43.0 Å². The zero-order chi connectivity index (χ0) is 15.7. The summed E-state index contributed by atoms with van der Waals surface area (Å²) in [5.41, 5.74) is 2.06. The van der Waals surface area contributed by atoms with Gasteiger partial charge in [0.2, 0.25) is 0 Å². The molecule has 2 aromatic heterocycles. The van der Waals surface area contributed by atoms with Crippen molar-refractivity contribution < 1.29 is 4.79 Å². The quantitative estimate of drug-likeness (QED) is 0.714. The van der Waals surface area contributed by atoms with Crippen molar-refractivity contribution in [1.29, 1.82) is 0 Å². The van der Waals surface area contributed by atoms with E-state index in [-0.39, 0.29) is 5.91 Å². The third-order valence-electron chi connectivity index (χ3n) is 3.81. The Morgan fingerprint density at radius 3 is 2.73 bits per heavy atom. The van der Waals surface area contributed by atoms with Crippen LogP contribution in [0.1, 0.15) is 42.0 Å². The summed E-state index contributed by atoms with van der Waals surface area (Å²) in [5, 5.41) is 4.16. The number of hydrogen-bond donors (Lipinski definition) is 1. The number of amides is 1. The molecule has 1 aromatic carbocycles. The number of para-hydroxylation sites is 1. The molecule has 1 N–H and O–H groups in total. The van der Waals surface area contributed by atoms with Crippen LogP contribution in [0, 0.1) is 0 Å². The van der Waals surface area contributed by atoms with Gasteiger partial charge < -0.3 is 9.88 Å². The lowest BCUT2D eigenvalue weighted by atomic mass is 10.1. The van der Waals surface area contributed by atoms with Crippen LogP contribution in [0.2, 0.25) is 0 Å². The molecule has 3 rings (SSSR count). The lowest BCUT2D eigenvalue weighted by molar-refractivity contribution is 0.103. The van der Waals surface area contributed by atoms with Gasteiger partial charge in [0, 0.05) is 29.5 Å². The van der Waals surface area contributed by atoms with Crippen molar-refractivity contribution in [3.63, 3.8) is 0 Å². The number of aromatic nitrogens is 1. The van der Waals surface area contributed by atoms with Crippen molar-refractivity contribution in [2.75, 3.05) is 5.32 Å². The molecule has 1 amide bonds. The number of fused-ring (bicyclic) bond motifs is 1. The molecule has 0 aliphatic carbocycles. The number of nitrogens with zero attached hydrogens (tertiary/aromatic N) is 1. The summed E-state index contributed by atoms with van der Waals surface area (Å²) < 4.78 is 3.33. The Labute approximate surface area is 134 Å². The molecule has 0 radical (unpaired) electrons. The van der Waals surface area contributed by atoms with E-state index in [0.717, 1.165) is 32.6 Å². The highest BCUT2D eigenvalue weighted by Crippen LogP contribution is 2.29. The van der Waals surface area contributed by atoms with Crippen molar-refractivity contribution in [3.05, 3.63) is 53.2 Å². The molecule has 2 heterocycles. The molecule has 0 aliphatic heterocycles. The van der Waals surface area contributed by atoms with E-state index < -0.39 is 0 Å². The summed E-state index contributed by atoms with van der Waals surface area (Å²) in [4.78, 5) is 13.2. The standard InChI is InChI=1S/C18H20N2OS/c1-4-13-7-5-6-8-15(13)19-18(21)16-9-14-10-20(12(2)3)11-17(14)22-16/h5-12H,4H2,1-3H3,(H,19,21). The second-order valence-electron chi connectivity index (χ2n) is 5.69. The van der Waals surface area contributed by atoms with Gasteiger partial charge in [-0.3, -0.25) is 4.79 Å². The Kier molecular flexibility index (Phi) is 4.03. The van der Waals surface area contributed by atoms with Crippen LogP contribution in [0.4, 0.5) is 5.69 Å². The van der Waals surface area contributed by atoms with Crippen molar-refractivity contribution in [2.45, 2.75) is 33.2 Å². The van der Waals surface area contributed by atoms with Crippen molar-refractivity contribution in [2.24, 2.45) is 0 Å². The van der Waals surface area contributed by atoms with Crippen LogP contribution in [-0.2, 0) is 6.42 Å². The fourth-order valence-corrected chi connectivity index (χ4v) is 3.47. The average molecular weight is 312 g/mol. The lowest BCUT2D eigenvalue weighted by Crippen LogP contribution is -2.11. The Hall–Kier alpha value is -2.07. The van der Waals surface area contributed by atoms with Crippen LogP contribution in [0.5, 0.6) is 0 Å². The number of nitrogens with one attached hydrogen (secondary N) is 1.